The summed E-state index contributed by atoms with van der Waals surface area (Å²) in [5.41, 5.74) is 1.91. The maximum Gasteiger partial charge on any atom is 0.328 e. The zero-order valence-electron chi connectivity index (χ0n) is 13.7. The predicted molar refractivity (Wildman–Crippen MR) is 102 cm³/mol. The van der Waals surface area contributed by atoms with Crippen molar-refractivity contribution in [3.8, 4) is 0 Å². The summed E-state index contributed by atoms with van der Waals surface area (Å²) < 4.78 is 0. The van der Waals surface area contributed by atoms with Crippen molar-refractivity contribution in [1.82, 2.24) is 5.32 Å². The van der Waals surface area contributed by atoms with Crippen molar-refractivity contribution >= 4 is 28.6 Å². The first-order valence-electron chi connectivity index (χ1n) is 8.11. The van der Waals surface area contributed by atoms with E-state index in [9.17, 15) is 4.79 Å². The Kier molecular flexibility index (Phi) is 5.54. The Morgan fingerprint density at radius 3 is 2.50 bits per heavy atom. The number of carbonyl (C=O) groups is 1. The molecule has 1 heterocycles. The lowest BCUT2D eigenvalue weighted by Gasteiger charge is -2.27. The minimum absolute atomic E-state index is 0.148. The maximum absolute atomic E-state index is 12.8. The van der Waals surface area contributed by atoms with E-state index in [0.717, 1.165) is 28.6 Å². The van der Waals surface area contributed by atoms with Gasteiger partial charge in [0.15, 0.2) is 5.17 Å². The fraction of sp³-hybridized carbons (Fsp3) is 0.263. The quantitative estimate of drug-likeness (QED) is 0.907. The van der Waals surface area contributed by atoms with Crippen LogP contribution in [-0.4, -0.2) is 23.0 Å². The SMILES string of the molecule is CC1CCSC(N(C(=O)NCc2ccccc2)c2ccccc2)=N1. The van der Waals surface area contributed by atoms with Gasteiger partial charge in [-0.05, 0) is 31.0 Å². The number of urea groups is 1. The number of para-hydroxylation sites is 1. The number of nitrogens with one attached hydrogen (secondary N) is 1. The van der Waals surface area contributed by atoms with Crippen LogP contribution in [-0.2, 0) is 6.54 Å². The number of amidine groups is 1. The second-order valence-corrected chi connectivity index (χ2v) is 6.78. The molecule has 0 fully saturated rings. The number of thioether (sulfide) groups is 1. The van der Waals surface area contributed by atoms with E-state index in [2.05, 4.69) is 17.2 Å². The Hall–Kier alpha value is -2.27. The number of anilines is 1. The van der Waals surface area contributed by atoms with Crippen molar-refractivity contribution < 1.29 is 4.79 Å². The average Bonchev–Trinajstić information content (AvgIpc) is 2.62. The Labute approximate surface area is 147 Å². The molecule has 0 spiro atoms. The van der Waals surface area contributed by atoms with Crippen LogP contribution in [0.1, 0.15) is 18.9 Å². The third kappa shape index (κ3) is 4.17. The highest BCUT2D eigenvalue weighted by atomic mass is 32.2. The molecule has 0 aromatic heterocycles. The molecular weight excluding hydrogens is 318 g/mol. The van der Waals surface area contributed by atoms with Crippen molar-refractivity contribution in [2.45, 2.75) is 25.9 Å². The van der Waals surface area contributed by atoms with Gasteiger partial charge in [-0.25, -0.2) is 9.69 Å². The largest absolute Gasteiger partial charge is 0.333 e. The fourth-order valence-electron chi connectivity index (χ4n) is 2.48. The third-order valence-corrected chi connectivity index (χ3v) is 4.78. The summed E-state index contributed by atoms with van der Waals surface area (Å²) in [7, 11) is 0. The lowest BCUT2D eigenvalue weighted by molar-refractivity contribution is 0.249. The van der Waals surface area contributed by atoms with Crippen molar-refractivity contribution in [2.24, 2.45) is 4.99 Å². The first kappa shape index (κ1) is 16.6. The van der Waals surface area contributed by atoms with Crippen LogP contribution in [0, 0.1) is 0 Å². The average molecular weight is 339 g/mol. The Balaban J connectivity index is 1.80. The lowest BCUT2D eigenvalue weighted by Crippen LogP contribution is -2.44. The molecule has 1 N–H and O–H groups in total. The molecule has 2 amide bonds. The molecule has 4 nitrogen and oxygen atoms in total. The van der Waals surface area contributed by atoms with Crippen molar-refractivity contribution in [2.75, 3.05) is 10.7 Å². The second-order valence-electron chi connectivity index (χ2n) is 5.71. The summed E-state index contributed by atoms with van der Waals surface area (Å²) in [6.45, 7) is 2.58. The molecule has 0 bridgehead atoms. The van der Waals surface area contributed by atoms with Gasteiger partial charge in [-0.1, -0.05) is 60.3 Å². The maximum atomic E-state index is 12.8. The molecule has 24 heavy (non-hydrogen) atoms. The van der Waals surface area contributed by atoms with E-state index in [-0.39, 0.29) is 12.1 Å². The van der Waals surface area contributed by atoms with Gasteiger partial charge in [0.2, 0.25) is 0 Å². The van der Waals surface area contributed by atoms with Gasteiger partial charge in [0.05, 0.1) is 11.7 Å². The predicted octanol–water partition coefficient (Wildman–Crippen LogP) is 4.28. The topological polar surface area (TPSA) is 44.7 Å². The molecule has 2 aromatic rings. The van der Waals surface area contributed by atoms with Crippen LogP contribution in [0.15, 0.2) is 65.7 Å². The van der Waals surface area contributed by atoms with Gasteiger partial charge in [0.25, 0.3) is 0 Å². The molecule has 0 radical (unpaired) electrons. The molecule has 1 aliphatic rings. The highest BCUT2D eigenvalue weighted by Crippen LogP contribution is 2.25. The Bertz CT molecular complexity index is 703. The number of carbonyl (C=O) groups excluding carboxylic acids is 1. The van der Waals surface area contributed by atoms with Gasteiger partial charge < -0.3 is 5.32 Å². The molecule has 124 valence electrons. The zero-order chi connectivity index (χ0) is 16.8. The Morgan fingerprint density at radius 1 is 1.17 bits per heavy atom. The second kappa shape index (κ2) is 8.02. The van der Waals surface area contributed by atoms with Crippen LogP contribution in [0.2, 0.25) is 0 Å². The van der Waals surface area contributed by atoms with E-state index in [1.54, 1.807) is 16.7 Å². The van der Waals surface area contributed by atoms with Crippen molar-refractivity contribution in [3.63, 3.8) is 0 Å². The molecule has 0 saturated heterocycles. The smallest absolute Gasteiger partial charge is 0.328 e. The van der Waals surface area contributed by atoms with Crippen LogP contribution in [0.25, 0.3) is 0 Å². The first-order chi connectivity index (χ1) is 11.7. The van der Waals surface area contributed by atoms with Gasteiger partial charge in [0, 0.05) is 12.3 Å². The normalized spacial score (nSPS) is 17.0. The third-order valence-electron chi connectivity index (χ3n) is 3.79. The number of aliphatic imine (C=N–C) groups is 1. The van der Waals surface area contributed by atoms with Crippen LogP contribution in [0.3, 0.4) is 0 Å². The number of benzene rings is 2. The molecule has 2 aromatic carbocycles. The number of amides is 2. The molecule has 1 atom stereocenters. The number of hydrogen-bond acceptors (Lipinski definition) is 3. The van der Waals surface area contributed by atoms with E-state index in [0.29, 0.717) is 6.54 Å². The summed E-state index contributed by atoms with van der Waals surface area (Å²) in [5.74, 6) is 0.981. The van der Waals surface area contributed by atoms with Crippen molar-refractivity contribution in [3.05, 3.63) is 66.2 Å². The van der Waals surface area contributed by atoms with Gasteiger partial charge in [-0.3, -0.25) is 4.99 Å². The first-order valence-corrected chi connectivity index (χ1v) is 9.10. The summed E-state index contributed by atoms with van der Waals surface area (Å²) in [4.78, 5) is 19.2. The Morgan fingerprint density at radius 2 is 1.83 bits per heavy atom. The lowest BCUT2D eigenvalue weighted by atomic mass is 10.2. The molecule has 1 unspecified atom stereocenters. The minimum Gasteiger partial charge on any atom is -0.333 e. The van der Waals surface area contributed by atoms with Crippen LogP contribution < -0.4 is 10.2 Å². The van der Waals surface area contributed by atoms with Gasteiger partial charge >= 0.3 is 6.03 Å². The van der Waals surface area contributed by atoms with E-state index in [4.69, 9.17) is 0 Å². The van der Waals surface area contributed by atoms with E-state index in [1.807, 2.05) is 60.7 Å². The van der Waals surface area contributed by atoms with Gasteiger partial charge in [-0.15, -0.1) is 0 Å². The van der Waals surface area contributed by atoms with E-state index >= 15 is 0 Å². The van der Waals surface area contributed by atoms with E-state index in [1.165, 1.54) is 0 Å². The molecule has 0 saturated carbocycles. The van der Waals surface area contributed by atoms with E-state index < -0.39 is 0 Å². The molecular formula is C19H21N3OS. The molecule has 3 rings (SSSR count). The summed E-state index contributed by atoms with van der Waals surface area (Å²) in [6, 6.07) is 19.7. The highest BCUT2D eigenvalue weighted by Gasteiger charge is 2.24. The summed E-state index contributed by atoms with van der Waals surface area (Å²) in [5, 5.41) is 3.77. The monoisotopic (exact) mass is 339 g/mol. The van der Waals surface area contributed by atoms with Crippen LogP contribution in [0.4, 0.5) is 10.5 Å². The molecule has 5 heteroatoms. The van der Waals surface area contributed by atoms with Crippen LogP contribution >= 0.6 is 11.8 Å². The number of nitrogens with zero attached hydrogens (tertiary/aromatic N) is 2. The molecule has 1 aliphatic heterocycles. The number of rotatable bonds is 3. The minimum atomic E-state index is -0.148. The standard InChI is InChI=1S/C19H21N3OS/c1-15-12-13-24-19(21-15)22(17-10-6-3-7-11-17)18(23)20-14-16-8-4-2-5-9-16/h2-11,15H,12-14H2,1H3,(H,20,23). The summed E-state index contributed by atoms with van der Waals surface area (Å²) in [6.07, 6.45) is 1.04. The highest BCUT2D eigenvalue weighted by molar-refractivity contribution is 8.14. The van der Waals surface area contributed by atoms with Crippen LogP contribution in [0.5, 0.6) is 0 Å². The fourth-order valence-corrected chi connectivity index (χ4v) is 3.69. The number of hydrogen-bond donors (Lipinski definition) is 1. The van der Waals surface area contributed by atoms with Gasteiger partial charge in [0.1, 0.15) is 0 Å². The zero-order valence-corrected chi connectivity index (χ0v) is 14.5. The molecule has 0 aliphatic carbocycles. The van der Waals surface area contributed by atoms with Gasteiger partial charge in [-0.2, -0.15) is 0 Å². The summed E-state index contributed by atoms with van der Waals surface area (Å²) >= 11 is 1.63. The van der Waals surface area contributed by atoms with Crippen molar-refractivity contribution in [1.29, 1.82) is 0 Å².